The number of Topliss-reactive ketones (excluding diaryl/α,β-unsaturated/α-hetero) is 1. The second-order valence-electron chi connectivity index (χ2n) is 9.39. The van der Waals surface area contributed by atoms with Gasteiger partial charge in [0.05, 0.1) is 0 Å². The molecule has 0 aromatic heterocycles. The van der Waals surface area contributed by atoms with E-state index in [-0.39, 0.29) is 22.9 Å². The topological polar surface area (TPSA) is 43.4 Å². The van der Waals surface area contributed by atoms with Crippen LogP contribution in [0.25, 0.3) is 0 Å². The first-order valence-corrected chi connectivity index (χ1v) is 10.3. The van der Waals surface area contributed by atoms with Gasteiger partial charge in [0, 0.05) is 24.7 Å². The van der Waals surface area contributed by atoms with Crippen molar-refractivity contribution < 1.29 is 14.3 Å². The van der Waals surface area contributed by atoms with Crippen molar-refractivity contribution in [2.24, 2.45) is 28.6 Å². The summed E-state index contributed by atoms with van der Waals surface area (Å²) < 4.78 is 5.65. The molecule has 4 aliphatic rings. The lowest BCUT2D eigenvalue weighted by Crippen LogP contribution is -2.50. The van der Waals surface area contributed by atoms with E-state index < -0.39 is 0 Å². The highest BCUT2D eigenvalue weighted by atomic mass is 16.5. The first-order valence-electron chi connectivity index (χ1n) is 10.3. The molecule has 3 fully saturated rings. The summed E-state index contributed by atoms with van der Waals surface area (Å²) >= 11 is 0. The number of carbonyl (C=O) groups is 2. The van der Waals surface area contributed by atoms with Gasteiger partial charge < -0.3 is 4.74 Å². The number of esters is 1. The Hall–Kier alpha value is -1.12. The van der Waals surface area contributed by atoms with E-state index in [1.165, 1.54) is 12.0 Å². The van der Waals surface area contributed by atoms with Crippen LogP contribution in [0, 0.1) is 28.6 Å². The first kappa shape index (κ1) is 17.3. The van der Waals surface area contributed by atoms with Gasteiger partial charge in [-0.15, -0.1) is 0 Å². The number of allylic oxidation sites excluding steroid dienone is 1. The van der Waals surface area contributed by atoms with Gasteiger partial charge in [-0.25, -0.2) is 0 Å². The molecule has 0 aliphatic heterocycles. The zero-order valence-corrected chi connectivity index (χ0v) is 16.0. The lowest BCUT2D eigenvalue weighted by Gasteiger charge is -2.56. The van der Waals surface area contributed by atoms with Gasteiger partial charge in [-0.3, -0.25) is 9.59 Å². The van der Waals surface area contributed by atoms with Crippen LogP contribution in [-0.4, -0.2) is 17.9 Å². The molecule has 0 bridgehead atoms. The summed E-state index contributed by atoms with van der Waals surface area (Å²) in [4.78, 5) is 24.1. The van der Waals surface area contributed by atoms with Gasteiger partial charge in [0.25, 0.3) is 0 Å². The molecule has 0 amide bonds. The van der Waals surface area contributed by atoms with Crippen molar-refractivity contribution in [3.8, 4) is 0 Å². The van der Waals surface area contributed by atoms with Gasteiger partial charge in [0.1, 0.15) is 11.9 Å². The molecular formula is C22H32O3. The second-order valence-corrected chi connectivity index (χ2v) is 9.39. The van der Waals surface area contributed by atoms with Gasteiger partial charge in [-0.1, -0.05) is 32.4 Å². The molecule has 0 unspecified atom stereocenters. The molecule has 6 atom stereocenters. The Labute approximate surface area is 151 Å². The van der Waals surface area contributed by atoms with Crippen LogP contribution in [0.2, 0.25) is 0 Å². The molecule has 3 heteroatoms. The largest absolute Gasteiger partial charge is 0.462 e. The van der Waals surface area contributed by atoms with E-state index in [4.69, 9.17) is 4.74 Å². The van der Waals surface area contributed by atoms with Crippen LogP contribution < -0.4 is 0 Å². The zero-order chi connectivity index (χ0) is 17.8. The average Bonchev–Trinajstić information content (AvgIpc) is 2.90. The normalized spacial score (nSPS) is 45.9. The number of ketones is 1. The highest BCUT2D eigenvalue weighted by Crippen LogP contribution is 2.64. The number of ether oxygens (including phenoxy) is 1. The highest BCUT2D eigenvalue weighted by molar-refractivity contribution is 5.87. The summed E-state index contributed by atoms with van der Waals surface area (Å²) in [5.41, 5.74) is 1.74. The molecule has 25 heavy (non-hydrogen) atoms. The van der Waals surface area contributed by atoms with E-state index in [1.807, 2.05) is 6.92 Å². The lowest BCUT2D eigenvalue weighted by molar-refractivity contribution is -0.151. The number of fused-ring (bicyclic) bond motifs is 5. The summed E-state index contributed by atoms with van der Waals surface area (Å²) in [7, 11) is 0. The predicted octanol–water partition coefficient (Wildman–Crippen LogP) is 4.84. The maximum absolute atomic E-state index is 12.5. The zero-order valence-electron chi connectivity index (χ0n) is 16.0. The Kier molecular flexibility index (Phi) is 4.12. The van der Waals surface area contributed by atoms with Crippen LogP contribution in [0.5, 0.6) is 0 Å². The standard InChI is InChI=1S/C22H32O3/c1-4-20(24)25-15-9-11-21(2)14(13-15)5-6-16-17-7-8-19(23)22(17,3)12-10-18(16)21/h5,15-18H,4,6-13H2,1-3H3/t15-,16-,17+,18+,21+,22+/m1/s1. The molecular weight excluding hydrogens is 312 g/mol. The minimum absolute atomic E-state index is 0.0449. The average molecular weight is 344 g/mol. The van der Waals surface area contributed by atoms with Crippen molar-refractivity contribution in [1.82, 2.24) is 0 Å². The van der Waals surface area contributed by atoms with Crippen LogP contribution in [0.15, 0.2) is 11.6 Å². The van der Waals surface area contributed by atoms with Crippen molar-refractivity contribution in [3.05, 3.63) is 11.6 Å². The monoisotopic (exact) mass is 344 g/mol. The summed E-state index contributed by atoms with van der Waals surface area (Å²) in [5, 5.41) is 0. The Bertz CT molecular complexity index is 621. The fraction of sp³-hybridized carbons (Fsp3) is 0.818. The third-order valence-corrected chi connectivity index (χ3v) is 8.35. The van der Waals surface area contributed by atoms with Crippen molar-refractivity contribution in [2.45, 2.75) is 84.7 Å². The van der Waals surface area contributed by atoms with E-state index in [2.05, 4.69) is 19.9 Å². The number of hydrogen-bond donors (Lipinski definition) is 0. The predicted molar refractivity (Wildman–Crippen MR) is 96.9 cm³/mol. The molecule has 0 N–H and O–H groups in total. The Balaban J connectivity index is 1.56. The first-order chi connectivity index (χ1) is 11.9. The van der Waals surface area contributed by atoms with Gasteiger partial charge in [0.2, 0.25) is 0 Å². The van der Waals surface area contributed by atoms with Gasteiger partial charge >= 0.3 is 5.97 Å². The third kappa shape index (κ3) is 2.52. The molecule has 0 aromatic carbocycles. The second kappa shape index (κ2) is 5.96. The van der Waals surface area contributed by atoms with E-state index in [1.54, 1.807) is 0 Å². The van der Waals surface area contributed by atoms with Crippen molar-refractivity contribution in [3.63, 3.8) is 0 Å². The molecule has 138 valence electrons. The minimum Gasteiger partial charge on any atom is -0.462 e. The van der Waals surface area contributed by atoms with Crippen molar-refractivity contribution >= 4 is 11.8 Å². The summed E-state index contributed by atoms with van der Waals surface area (Å²) in [5.74, 6) is 2.42. The molecule has 4 rings (SSSR count). The fourth-order valence-corrected chi connectivity index (χ4v) is 6.77. The van der Waals surface area contributed by atoms with Crippen LogP contribution >= 0.6 is 0 Å². The Morgan fingerprint density at radius 2 is 1.88 bits per heavy atom. The number of hydrogen-bond acceptors (Lipinski definition) is 3. The molecule has 4 aliphatic carbocycles. The SMILES string of the molecule is CCC(=O)O[C@@H]1CC[C@@]2(C)C(=CC[C@H]3[C@@H]2CC[C@]2(C)C(=O)CC[C@@H]32)C1. The Morgan fingerprint density at radius 1 is 1.16 bits per heavy atom. The molecule has 0 heterocycles. The minimum atomic E-state index is -0.0687. The van der Waals surface area contributed by atoms with Gasteiger partial charge in [-0.2, -0.15) is 0 Å². The molecule has 0 radical (unpaired) electrons. The Morgan fingerprint density at radius 3 is 2.64 bits per heavy atom. The molecule has 0 spiro atoms. The maximum Gasteiger partial charge on any atom is 0.305 e. The third-order valence-electron chi connectivity index (χ3n) is 8.35. The number of rotatable bonds is 2. The van der Waals surface area contributed by atoms with Crippen molar-refractivity contribution in [2.75, 3.05) is 0 Å². The lowest BCUT2D eigenvalue weighted by atomic mass is 9.48. The van der Waals surface area contributed by atoms with Crippen LogP contribution in [-0.2, 0) is 14.3 Å². The molecule has 3 nitrogen and oxygen atoms in total. The highest BCUT2D eigenvalue weighted by Gasteiger charge is 2.58. The van der Waals surface area contributed by atoms with E-state index in [9.17, 15) is 9.59 Å². The number of carbonyl (C=O) groups excluding carboxylic acids is 2. The van der Waals surface area contributed by atoms with E-state index in [0.29, 0.717) is 30.0 Å². The van der Waals surface area contributed by atoms with Crippen molar-refractivity contribution in [1.29, 1.82) is 0 Å². The van der Waals surface area contributed by atoms with Gasteiger partial charge in [0.15, 0.2) is 0 Å². The molecule has 0 saturated heterocycles. The smallest absolute Gasteiger partial charge is 0.305 e. The van der Waals surface area contributed by atoms with Crippen LogP contribution in [0.3, 0.4) is 0 Å². The molecule has 3 saturated carbocycles. The molecule has 0 aromatic rings. The van der Waals surface area contributed by atoms with E-state index >= 15 is 0 Å². The summed E-state index contributed by atoms with van der Waals surface area (Å²) in [6.45, 7) is 6.56. The summed E-state index contributed by atoms with van der Waals surface area (Å²) in [6.07, 6.45) is 11.3. The van der Waals surface area contributed by atoms with Gasteiger partial charge in [-0.05, 0) is 61.7 Å². The van der Waals surface area contributed by atoms with Crippen LogP contribution in [0.4, 0.5) is 0 Å². The van der Waals surface area contributed by atoms with Crippen LogP contribution in [0.1, 0.15) is 78.6 Å². The van der Waals surface area contributed by atoms with E-state index in [0.717, 1.165) is 44.9 Å². The quantitative estimate of drug-likeness (QED) is 0.532. The maximum atomic E-state index is 12.5. The summed E-state index contributed by atoms with van der Waals surface area (Å²) in [6, 6.07) is 0. The fourth-order valence-electron chi connectivity index (χ4n) is 6.77.